The van der Waals surface area contributed by atoms with Gasteiger partial charge in [0.25, 0.3) is 0 Å². The first-order valence-corrected chi connectivity index (χ1v) is 8.37. The Morgan fingerprint density at radius 1 is 1.30 bits per heavy atom. The van der Waals surface area contributed by atoms with Gasteiger partial charge in [-0.15, -0.1) is 11.3 Å². The zero-order chi connectivity index (χ0) is 14.8. The minimum atomic E-state index is -3.81. The molecule has 1 N–H and O–H groups in total. The Bertz CT molecular complexity index is 711. The molecule has 20 heavy (non-hydrogen) atoms. The average molecular weight is 314 g/mol. The van der Waals surface area contributed by atoms with E-state index >= 15 is 0 Å². The van der Waals surface area contributed by atoms with E-state index in [9.17, 15) is 12.8 Å². The summed E-state index contributed by atoms with van der Waals surface area (Å²) in [5.41, 5.74) is 0.914. The fourth-order valence-corrected chi connectivity index (χ4v) is 3.89. The van der Waals surface area contributed by atoms with Crippen LogP contribution in [0.2, 0.25) is 0 Å². The van der Waals surface area contributed by atoms with Crippen LogP contribution in [0.1, 0.15) is 15.6 Å². The fraction of sp³-hybridized carbons (Fsp3) is 0.308. The van der Waals surface area contributed by atoms with Crippen molar-refractivity contribution in [2.75, 3.05) is 6.54 Å². The highest BCUT2D eigenvalue weighted by Crippen LogP contribution is 2.18. The lowest BCUT2D eigenvalue weighted by Gasteiger charge is -2.07. The molecule has 2 rings (SSSR count). The molecule has 1 heterocycles. The Kier molecular flexibility index (Phi) is 4.52. The molecule has 0 unspecified atom stereocenters. The van der Waals surface area contributed by atoms with Crippen LogP contribution in [-0.2, 0) is 16.4 Å². The Morgan fingerprint density at radius 2 is 2.00 bits per heavy atom. The van der Waals surface area contributed by atoms with E-state index in [1.165, 1.54) is 18.2 Å². The van der Waals surface area contributed by atoms with Crippen LogP contribution in [0.4, 0.5) is 4.39 Å². The van der Waals surface area contributed by atoms with Gasteiger partial charge < -0.3 is 0 Å². The molecule has 2 aromatic rings. The third-order valence-electron chi connectivity index (χ3n) is 2.77. The molecule has 7 heteroatoms. The molecule has 0 bridgehead atoms. The molecular formula is C13H15FN2O2S2. The molecule has 4 nitrogen and oxygen atoms in total. The largest absolute Gasteiger partial charge is 0.247 e. The molecule has 0 radical (unpaired) electrons. The Balaban J connectivity index is 2.04. The summed E-state index contributed by atoms with van der Waals surface area (Å²) in [7, 11) is -3.81. The lowest BCUT2D eigenvalue weighted by Crippen LogP contribution is -2.26. The zero-order valence-electron chi connectivity index (χ0n) is 11.2. The molecule has 0 atom stereocenters. The van der Waals surface area contributed by atoms with Crippen LogP contribution < -0.4 is 4.72 Å². The van der Waals surface area contributed by atoms with Crippen molar-refractivity contribution in [3.8, 4) is 0 Å². The van der Waals surface area contributed by atoms with Crippen LogP contribution in [-0.4, -0.2) is 19.9 Å². The Morgan fingerprint density at radius 3 is 2.60 bits per heavy atom. The minimum Gasteiger partial charge on any atom is -0.247 e. The molecule has 0 aliphatic rings. The van der Waals surface area contributed by atoms with Crippen LogP contribution in [0.3, 0.4) is 0 Å². The highest BCUT2D eigenvalue weighted by molar-refractivity contribution is 7.89. The van der Waals surface area contributed by atoms with E-state index in [4.69, 9.17) is 0 Å². The van der Waals surface area contributed by atoms with Crippen molar-refractivity contribution in [1.29, 1.82) is 0 Å². The number of aromatic nitrogens is 1. The molecule has 1 aromatic carbocycles. The molecule has 0 saturated carbocycles. The summed E-state index contributed by atoms with van der Waals surface area (Å²) in [5.74, 6) is -0.746. The predicted molar refractivity (Wildman–Crippen MR) is 76.9 cm³/mol. The molecule has 1 aromatic heterocycles. The van der Waals surface area contributed by atoms with Gasteiger partial charge in [-0.1, -0.05) is 12.1 Å². The second-order valence-corrected chi connectivity index (χ2v) is 7.34. The fourth-order valence-electron chi connectivity index (χ4n) is 1.84. The first-order valence-electron chi connectivity index (χ1n) is 6.07. The van der Waals surface area contributed by atoms with Gasteiger partial charge >= 0.3 is 0 Å². The second-order valence-electron chi connectivity index (χ2n) is 4.32. The van der Waals surface area contributed by atoms with Gasteiger partial charge in [-0.25, -0.2) is 22.5 Å². The van der Waals surface area contributed by atoms with Crippen molar-refractivity contribution in [3.05, 3.63) is 45.7 Å². The number of nitrogens with zero attached hydrogens (tertiary/aromatic N) is 1. The van der Waals surface area contributed by atoms with Crippen LogP contribution in [0.5, 0.6) is 0 Å². The van der Waals surface area contributed by atoms with Gasteiger partial charge in [0.05, 0.1) is 10.7 Å². The van der Waals surface area contributed by atoms with Crippen LogP contribution in [0.25, 0.3) is 0 Å². The monoisotopic (exact) mass is 314 g/mol. The predicted octanol–water partition coefficient (Wildman–Crippen LogP) is 2.42. The molecule has 0 aliphatic heterocycles. The van der Waals surface area contributed by atoms with E-state index in [0.717, 1.165) is 21.6 Å². The SMILES string of the molecule is Cc1nc(C)c(CCNS(=O)(=O)c2ccccc2F)s1. The quantitative estimate of drug-likeness (QED) is 0.922. The number of hydrogen-bond donors (Lipinski definition) is 1. The molecule has 0 aliphatic carbocycles. The summed E-state index contributed by atoms with van der Waals surface area (Å²) in [6, 6.07) is 5.33. The van der Waals surface area contributed by atoms with Crippen molar-refractivity contribution >= 4 is 21.4 Å². The summed E-state index contributed by atoms with van der Waals surface area (Å²) in [6.45, 7) is 4.02. The van der Waals surface area contributed by atoms with Crippen molar-refractivity contribution in [2.24, 2.45) is 0 Å². The molecule has 108 valence electrons. The number of thiazole rings is 1. The number of nitrogens with one attached hydrogen (secondary N) is 1. The third kappa shape index (κ3) is 3.41. The summed E-state index contributed by atoms with van der Waals surface area (Å²) < 4.78 is 39.8. The number of hydrogen-bond acceptors (Lipinski definition) is 4. The van der Waals surface area contributed by atoms with Gasteiger partial charge in [-0.3, -0.25) is 0 Å². The zero-order valence-corrected chi connectivity index (χ0v) is 12.8. The highest BCUT2D eigenvalue weighted by atomic mass is 32.2. The topological polar surface area (TPSA) is 59.1 Å². The molecule has 0 fully saturated rings. The number of sulfonamides is 1. The minimum absolute atomic E-state index is 0.221. The van der Waals surface area contributed by atoms with E-state index in [-0.39, 0.29) is 11.4 Å². The summed E-state index contributed by atoms with van der Waals surface area (Å²) in [6.07, 6.45) is 0.547. The second kappa shape index (κ2) is 5.99. The molecule has 0 amide bonds. The van der Waals surface area contributed by atoms with Crippen molar-refractivity contribution in [3.63, 3.8) is 0 Å². The number of halogens is 1. The van der Waals surface area contributed by atoms with Gasteiger partial charge in [0, 0.05) is 11.4 Å². The lowest BCUT2D eigenvalue weighted by molar-refractivity contribution is 0.557. The van der Waals surface area contributed by atoms with Crippen LogP contribution >= 0.6 is 11.3 Å². The van der Waals surface area contributed by atoms with E-state index in [1.807, 2.05) is 13.8 Å². The first kappa shape index (κ1) is 15.1. The number of aryl methyl sites for hydroxylation is 2. The number of benzene rings is 1. The normalized spacial score (nSPS) is 11.8. The maximum Gasteiger partial charge on any atom is 0.243 e. The third-order valence-corrected chi connectivity index (χ3v) is 5.40. The summed E-state index contributed by atoms with van der Waals surface area (Å²) in [4.78, 5) is 5.00. The first-order chi connectivity index (χ1) is 9.40. The van der Waals surface area contributed by atoms with E-state index in [2.05, 4.69) is 9.71 Å². The molecule has 0 saturated heterocycles. The van der Waals surface area contributed by atoms with Gasteiger partial charge in [-0.2, -0.15) is 0 Å². The van der Waals surface area contributed by atoms with Crippen LogP contribution in [0.15, 0.2) is 29.2 Å². The smallest absolute Gasteiger partial charge is 0.243 e. The van der Waals surface area contributed by atoms with Gasteiger partial charge in [0.15, 0.2) is 0 Å². The summed E-state index contributed by atoms with van der Waals surface area (Å²) in [5, 5.41) is 0.953. The maximum absolute atomic E-state index is 13.5. The van der Waals surface area contributed by atoms with Crippen molar-refractivity contribution in [1.82, 2.24) is 9.71 Å². The molecular weight excluding hydrogens is 299 g/mol. The van der Waals surface area contributed by atoms with Gasteiger partial charge in [0.1, 0.15) is 10.7 Å². The molecule has 0 spiro atoms. The average Bonchev–Trinajstić information content (AvgIpc) is 2.68. The van der Waals surface area contributed by atoms with Gasteiger partial charge in [0.2, 0.25) is 10.0 Å². The highest BCUT2D eigenvalue weighted by Gasteiger charge is 2.18. The van der Waals surface area contributed by atoms with Crippen molar-refractivity contribution in [2.45, 2.75) is 25.2 Å². The van der Waals surface area contributed by atoms with E-state index in [1.54, 1.807) is 11.3 Å². The van der Waals surface area contributed by atoms with Crippen LogP contribution in [0, 0.1) is 19.7 Å². The van der Waals surface area contributed by atoms with E-state index in [0.29, 0.717) is 6.42 Å². The summed E-state index contributed by atoms with van der Waals surface area (Å²) >= 11 is 1.54. The maximum atomic E-state index is 13.5. The Labute approximate surface area is 121 Å². The van der Waals surface area contributed by atoms with Gasteiger partial charge in [-0.05, 0) is 32.4 Å². The Hall–Kier alpha value is -1.31. The van der Waals surface area contributed by atoms with Crippen molar-refractivity contribution < 1.29 is 12.8 Å². The number of rotatable bonds is 5. The standard InChI is InChI=1S/C13H15FN2O2S2/c1-9-12(19-10(2)16-9)7-8-15-20(17,18)13-6-4-3-5-11(13)14/h3-6,15H,7-8H2,1-2H3. The van der Waals surface area contributed by atoms with E-state index < -0.39 is 15.8 Å². The lowest BCUT2D eigenvalue weighted by atomic mass is 10.3.